The summed E-state index contributed by atoms with van der Waals surface area (Å²) in [5.74, 6) is -8.38. The minimum Gasteiger partial charge on any atom is -0.508 e. The average Bonchev–Trinajstić information content (AvgIpc) is 3.64. The summed E-state index contributed by atoms with van der Waals surface area (Å²) in [4.78, 5) is 76.4. The number of alkyl halides is 3. The molecule has 16 heteroatoms. The Bertz CT molecular complexity index is 2750. The third-order valence-electron chi connectivity index (χ3n) is 12.7. The second kappa shape index (κ2) is 15.7. The maximum absolute atomic E-state index is 15.5. The lowest BCUT2D eigenvalue weighted by molar-refractivity contribution is -0.139. The number of halogens is 5. The Balaban J connectivity index is 1.19. The first-order valence-electron chi connectivity index (χ1n) is 19.9. The van der Waals surface area contributed by atoms with E-state index < -0.39 is 81.2 Å². The smallest absolute Gasteiger partial charge is 0.417 e. The summed E-state index contributed by atoms with van der Waals surface area (Å²) in [7, 11) is 0. The number of allylic oxidation sites excluding steroid dienone is 2. The Hall–Kier alpha value is -6.51. The van der Waals surface area contributed by atoms with Gasteiger partial charge in [0.25, 0.3) is 11.8 Å². The second-order valence-electron chi connectivity index (χ2n) is 16.0. The number of phenols is 1. The Kier molecular flexibility index (Phi) is 10.4. The van der Waals surface area contributed by atoms with Crippen LogP contribution in [0.25, 0.3) is 0 Å². The molecular weight excluding hydrogens is 860 g/mol. The number of carbonyl (C=O) groups is 5. The molecule has 0 spiro atoms. The monoisotopic (exact) mass is 894 g/mol. The Morgan fingerprint density at radius 2 is 1.62 bits per heavy atom. The molecule has 3 heterocycles. The van der Waals surface area contributed by atoms with Gasteiger partial charge in [-0.05, 0) is 85.3 Å². The molecule has 63 heavy (non-hydrogen) atoms. The maximum Gasteiger partial charge on any atom is 0.417 e. The van der Waals surface area contributed by atoms with E-state index in [9.17, 15) is 32.7 Å². The molecule has 320 valence electrons. The minimum absolute atomic E-state index is 0.0786. The van der Waals surface area contributed by atoms with Crippen LogP contribution in [-0.4, -0.2) is 44.5 Å². The number of imide groups is 2. The van der Waals surface area contributed by atoms with Crippen molar-refractivity contribution in [2.75, 3.05) is 10.3 Å². The topological polar surface area (TPSA) is 146 Å². The molecule has 2 aliphatic carbocycles. The van der Waals surface area contributed by atoms with E-state index in [0.29, 0.717) is 44.7 Å². The molecule has 5 aromatic rings. The second-order valence-corrected chi connectivity index (χ2v) is 16.9. The van der Waals surface area contributed by atoms with Crippen molar-refractivity contribution >= 4 is 64.1 Å². The van der Waals surface area contributed by atoms with E-state index in [0.717, 1.165) is 10.5 Å². The lowest BCUT2D eigenvalue weighted by atomic mass is 9.49. The SMILES string of the molecule is CC(=O)c1ccc(N2C(=O)[C@H]3[C@H](CC=C4[C@H]3C[C@H]3C(=O)N(Nc5ncc(C(F)(F)F)cc5Cl)C(=O)[C@@]3(c3ccc(Cl)cc3)[C@H]4c3ccc(OCc4ccccc4)cc3O)C2=O)cc1. The van der Waals surface area contributed by atoms with Gasteiger partial charge >= 0.3 is 6.18 Å². The number of phenolic OH excluding ortho intramolecular Hbond substituents is 1. The van der Waals surface area contributed by atoms with Crippen LogP contribution < -0.4 is 15.1 Å². The first kappa shape index (κ1) is 41.8. The highest BCUT2D eigenvalue weighted by Crippen LogP contribution is 2.65. The number of pyridine rings is 1. The van der Waals surface area contributed by atoms with Gasteiger partial charge in [-0.2, -0.15) is 18.2 Å². The summed E-state index contributed by atoms with van der Waals surface area (Å²) >= 11 is 12.7. The quantitative estimate of drug-likeness (QED) is 0.0841. The van der Waals surface area contributed by atoms with Crippen LogP contribution in [0, 0.1) is 23.7 Å². The predicted molar refractivity (Wildman–Crippen MR) is 225 cm³/mol. The Labute approximate surface area is 368 Å². The van der Waals surface area contributed by atoms with Crippen LogP contribution in [0.15, 0.2) is 121 Å². The van der Waals surface area contributed by atoms with Crippen LogP contribution in [0.2, 0.25) is 10.0 Å². The molecule has 9 rings (SSSR count). The number of Topliss-reactive ketones (excluding diaryl/α,β-unsaturated/α-hetero) is 1. The summed E-state index contributed by atoms with van der Waals surface area (Å²) < 4.78 is 46.8. The maximum atomic E-state index is 15.5. The van der Waals surface area contributed by atoms with Crippen LogP contribution in [-0.2, 0) is 37.4 Å². The van der Waals surface area contributed by atoms with E-state index in [2.05, 4.69) is 10.4 Å². The number of hydrogen-bond acceptors (Lipinski definition) is 9. The van der Waals surface area contributed by atoms with Crippen molar-refractivity contribution in [2.24, 2.45) is 23.7 Å². The van der Waals surface area contributed by atoms with Gasteiger partial charge in [0.2, 0.25) is 11.8 Å². The number of ketones is 1. The fourth-order valence-electron chi connectivity index (χ4n) is 9.83. The van der Waals surface area contributed by atoms with Gasteiger partial charge in [0.1, 0.15) is 18.1 Å². The first-order chi connectivity index (χ1) is 30.1. The molecule has 11 nitrogen and oxygen atoms in total. The summed E-state index contributed by atoms with van der Waals surface area (Å²) in [6.07, 6.45) is -2.51. The standard InChI is InChI=1S/C47H35Cl2F3N4O7/c1-24(57)26-7-13-30(14-8-26)55-42(59)34-18-17-32-35(39(34)44(55)61)21-36-43(60)56(54-41-37(49)19-28(22-53-41)47(50,51)52)45(62)46(36,27-9-11-29(48)12-10-27)40(32)33-16-15-31(20-38(33)58)63-23-25-5-3-2-4-6-25/h2-17,19-20,22,34-36,39-40,58H,18,21,23H2,1H3,(H,53,54)/t34-,35+,36-,39-,40+,46+/m0/s1. The summed E-state index contributed by atoms with van der Waals surface area (Å²) in [6.45, 7) is 1.57. The fraction of sp³-hybridized carbons (Fsp3) is 0.234. The molecule has 4 aliphatic rings. The summed E-state index contributed by atoms with van der Waals surface area (Å²) in [5, 5.41) is 12.5. The number of hydrogen-bond donors (Lipinski definition) is 2. The highest BCUT2D eigenvalue weighted by molar-refractivity contribution is 6.33. The summed E-state index contributed by atoms with van der Waals surface area (Å²) in [6, 6.07) is 27.0. The largest absolute Gasteiger partial charge is 0.508 e. The lowest BCUT2D eigenvalue weighted by Crippen LogP contribution is -2.53. The molecule has 3 fully saturated rings. The molecule has 1 aromatic heterocycles. The van der Waals surface area contributed by atoms with E-state index in [-0.39, 0.29) is 42.2 Å². The van der Waals surface area contributed by atoms with Crippen molar-refractivity contribution in [2.45, 2.75) is 43.9 Å². The van der Waals surface area contributed by atoms with Gasteiger partial charge in [0.15, 0.2) is 11.6 Å². The molecule has 6 atom stereocenters. The third kappa shape index (κ3) is 6.92. The van der Waals surface area contributed by atoms with E-state index in [1.165, 1.54) is 37.3 Å². The predicted octanol–water partition coefficient (Wildman–Crippen LogP) is 9.08. The Morgan fingerprint density at radius 1 is 0.905 bits per heavy atom. The first-order valence-corrected chi connectivity index (χ1v) is 20.7. The average molecular weight is 896 g/mol. The van der Waals surface area contributed by atoms with Crippen molar-refractivity contribution in [1.82, 2.24) is 9.99 Å². The van der Waals surface area contributed by atoms with Crippen LogP contribution in [0.3, 0.4) is 0 Å². The van der Waals surface area contributed by atoms with Crippen LogP contribution in [0.4, 0.5) is 24.7 Å². The molecule has 4 aromatic carbocycles. The Morgan fingerprint density at radius 3 is 2.27 bits per heavy atom. The molecule has 0 bridgehead atoms. The number of ether oxygens (including phenoxy) is 1. The molecule has 2 saturated heterocycles. The fourth-order valence-corrected chi connectivity index (χ4v) is 10.2. The van der Waals surface area contributed by atoms with Gasteiger partial charge in [-0.3, -0.25) is 34.3 Å². The van der Waals surface area contributed by atoms with E-state index in [4.69, 9.17) is 27.9 Å². The molecule has 2 N–H and O–H groups in total. The zero-order valence-electron chi connectivity index (χ0n) is 33.1. The van der Waals surface area contributed by atoms with Crippen molar-refractivity contribution in [3.8, 4) is 11.5 Å². The van der Waals surface area contributed by atoms with E-state index >= 15 is 9.59 Å². The molecule has 4 amide bonds. The van der Waals surface area contributed by atoms with Gasteiger partial charge in [0.05, 0.1) is 39.4 Å². The molecular formula is C47H35Cl2F3N4O7. The highest BCUT2D eigenvalue weighted by Gasteiger charge is 2.70. The number of rotatable bonds is 9. The normalized spacial score (nSPS) is 24.2. The number of amides is 4. The molecule has 2 aliphatic heterocycles. The highest BCUT2D eigenvalue weighted by atomic mass is 35.5. The zero-order valence-corrected chi connectivity index (χ0v) is 34.6. The lowest BCUT2D eigenvalue weighted by Gasteiger charge is -2.50. The van der Waals surface area contributed by atoms with Gasteiger partial charge in [-0.25, -0.2) is 4.98 Å². The number of nitrogens with one attached hydrogen (secondary N) is 1. The van der Waals surface area contributed by atoms with Crippen molar-refractivity contribution < 1.29 is 47.0 Å². The number of nitrogens with zero attached hydrogens (tertiary/aromatic N) is 3. The molecule has 0 radical (unpaired) electrons. The number of anilines is 2. The van der Waals surface area contributed by atoms with Crippen LogP contribution >= 0.6 is 23.2 Å². The number of carbonyl (C=O) groups excluding carboxylic acids is 5. The zero-order chi connectivity index (χ0) is 44.5. The number of aromatic hydroxyl groups is 1. The van der Waals surface area contributed by atoms with E-state index in [1.807, 2.05) is 30.3 Å². The number of benzene rings is 4. The number of fused-ring (bicyclic) bond motifs is 4. The molecule has 0 unspecified atom stereocenters. The third-order valence-corrected chi connectivity index (χ3v) is 13.2. The van der Waals surface area contributed by atoms with Crippen LogP contribution in [0.1, 0.15) is 58.3 Å². The van der Waals surface area contributed by atoms with E-state index in [1.54, 1.807) is 42.5 Å². The summed E-state index contributed by atoms with van der Waals surface area (Å²) in [5.41, 5.74) is 2.15. The number of hydrazine groups is 1. The van der Waals surface area contributed by atoms with Gasteiger partial charge < -0.3 is 9.84 Å². The van der Waals surface area contributed by atoms with Gasteiger partial charge in [-0.1, -0.05) is 83.4 Å². The van der Waals surface area contributed by atoms with Gasteiger partial charge in [0, 0.05) is 34.3 Å². The van der Waals surface area contributed by atoms with Crippen molar-refractivity contribution in [3.05, 3.63) is 159 Å². The number of aromatic nitrogens is 1. The van der Waals surface area contributed by atoms with Crippen LogP contribution in [0.5, 0.6) is 11.5 Å². The van der Waals surface area contributed by atoms with Gasteiger partial charge in [-0.15, -0.1) is 0 Å². The van der Waals surface area contributed by atoms with Crippen molar-refractivity contribution in [1.29, 1.82) is 0 Å². The van der Waals surface area contributed by atoms with Crippen molar-refractivity contribution in [3.63, 3.8) is 0 Å². The molecule has 1 saturated carbocycles. The minimum atomic E-state index is -4.78.